The highest BCUT2D eigenvalue weighted by Crippen LogP contribution is 2.25. The lowest BCUT2D eigenvalue weighted by atomic mass is 10.1. The number of nitrogens with zero attached hydrogens (tertiary/aromatic N) is 1. The maximum absolute atomic E-state index is 13.1. The molecule has 0 atom stereocenters. The second kappa shape index (κ2) is 10.3. The van der Waals surface area contributed by atoms with Gasteiger partial charge < -0.3 is 11.1 Å². The van der Waals surface area contributed by atoms with E-state index in [1.807, 2.05) is 0 Å². The molecule has 0 saturated heterocycles. The number of rotatable bonds is 8. The summed E-state index contributed by atoms with van der Waals surface area (Å²) in [7, 11) is -7.29. The number of sulfonamides is 1. The molecule has 1 heterocycles. The maximum atomic E-state index is 13.1. The van der Waals surface area contributed by atoms with Gasteiger partial charge in [-0.1, -0.05) is 36.4 Å². The van der Waals surface area contributed by atoms with Gasteiger partial charge in [0.25, 0.3) is 10.0 Å². The van der Waals surface area contributed by atoms with Crippen molar-refractivity contribution in [3.8, 4) is 11.1 Å². The van der Waals surface area contributed by atoms with E-state index in [1.165, 1.54) is 36.7 Å². The summed E-state index contributed by atoms with van der Waals surface area (Å²) in [5, 5.41) is 2.67. The Kier molecular flexibility index (Phi) is 7.18. The fraction of sp³-hybridized carbons (Fsp3) is 0.0385. The second-order valence-corrected chi connectivity index (χ2v) is 11.8. The molecule has 190 valence electrons. The molecular weight excluding hydrogens is 512 g/mol. The van der Waals surface area contributed by atoms with E-state index in [2.05, 4.69) is 10.0 Å². The van der Waals surface area contributed by atoms with Crippen molar-refractivity contribution in [1.29, 1.82) is 0 Å². The lowest BCUT2D eigenvalue weighted by Crippen LogP contribution is -2.11. The second-order valence-electron chi connectivity index (χ2n) is 8.17. The minimum Gasteiger partial charge on any atom is -0.397 e. The summed E-state index contributed by atoms with van der Waals surface area (Å²) in [5.74, 6) is -0.403. The van der Waals surface area contributed by atoms with Gasteiger partial charge >= 0.3 is 0 Å². The van der Waals surface area contributed by atoms with Gasteiger partial charge in [-0.3, -0.25) is 9.52 Å². The molecule has 3 aromatic carbocycles. The summed E-state index contributed by atoms with van der Waals surface area (Å²) in [5.41, 5.74) is 9.11. The van der Waals surface area contributed by atoms with Crippen molar-refractivity contribution < 1.29 is 21.6 Å². The first-order valence-corrected chi connectivity index (χ1v) is 14.3. The van der Waals surface area contributed by atoms with E-state index < -0.39 is 26.0 Å². The van der Waals surface area contributed by atoms with E-state index in [0.29, 0.717) is 22.6 Å². The molecule has 11 heteroatoms. The van der Waals surface area contributed by atoms with Crippen LogP contribution in [0.2, 0.25) is 0 Å². The number of para-hydroxylation sites is 2. The first-order chi connectivity index (χ1) is 17.5. The molecule has 0 fully saturated rings. The van der Waals surface area contributed by atoms with Crippen LogP contribution in [-0.2, 0) is 24.8 Å². The zero-order chi connectivity index (χ0) is 26.6. The van der Waals surface area contributed by atoms with Crippen LogP contribution in [0.25, 0.3) is 17.2 Å². The number of benzene rings is 3. The number of hydrogen-bond acceptors (Lipinski definition) is 6. The van der Waals surface area contributed by atoms with Gasteiger partial charge in [0.15, 0.2) is 0 Å². The van der Waals surface area contributed by atoms with Crippen LogP contribution < -0.4 is 15.8 Å². The topological polar surface area (TPSA) is 140 Å². The number of carbonyl (C=O) groups excluding carboxylic acids is 1. The highest BCUT2D eigenvalue weighted by molar-refractivity contribution is 7.92. The molecule has 37 heavy (non-hydrogen) atoms. The van der Waals surface area contributed by atoms with E-state index in [0.717, 1.165) is 21.4 Å². The van der Waals surface area contributed by atoms with Gasteiger partial charge in [0.1, 0.15) is 0 Å². The van der Waals surface area contributed by atoms with Crippen molar-refractivity contribution in [2.45, 2.75) is 4.90 Å². The van der Waals surface area contributed by atoms with Crippen molar-refractivity contribution in [2.24, 2.45) is 0 Å². The SMILES string of the molecule is CS(=O)(=O)Nc1cccc(-c2ccc(S(=O)(=O)n3ccc(/C=C/C(=O)Nc4ccccc4N)c3)cc2)c1. The predicted octanol–water partition coefficient (Wildman–Crippen LogP) is 4.00. The average Bonchev–Trinajstić information content (AvgIpc) is 3.34. The van der Waals surface area contributed by atoms with Crippen LogP contribution in [0.4, 0.5) is 17.1 Å². The summed E-state index contributed by atoms with van der Waals surface area (Å²) < 4.78 is 52.7. The lowest BCUT2D eigenvalue weighted by Gasteiger charge is -2.09. The fourth-order valence-electron chi connectivity index (χ4n) is 3.52. The molecule has 0 unspecified atom stereocenters. The van der Waals surface area contributed by atoms with Crippen LogP contribution in [0.15, 0.2) is 102 Å². The van der Waals surface area contributed by atoms with E-state index >= 15 is 0 Å². The molecule has 0 saturated carbocycles. The minimum absolute atomic E-state index is 0.0742. The third-order valence-corrected chi connectivity index (χ3v) is 7.52. The highest BCUT2D eigenvalue weighted by atomic mass is 32.2. The van der Waals surface area contributed by atoms with E-state index in [1.54, 1.807) is 66.7 Å². The van der Waals surface area contributed by atoms with E-state index in [-0.39, 0.29) is 4.90 Å². The average molecular weight is 537 g/mol. The highest BCUT2D eigenvalue weighted by Gasteiger charge is 2.17. The van der Waals surface area contributed by atoms with E-state index in [4.69, 9.17) is 5.73 Å². The first kappa shape index (κ1) is 25.7. The summed E-state index contributed by atoms with van der Waals surface area (Å²) >= 11 is 0. The van der Waals surface area contributed by atoms with Crippen molar-refractivity contribution in [3.05, 3.63) is 103 Å². The zero-order valence-electron chi connectivity index (χ0n) is 19.7. The van der Waals surface area contributed by atoms with Crippen LogP contribution in [-0.4, -0.2) is 33.0 Å². The minimum atomic E-state index is -3.87. The van der Waals surface area contributed by atoms with Gasteiger partial charge in [0.05, 0.1) is 22.5 Å². The summed E-state index contributed by atoms with van der Waals surface area (Å²) in [6.45, 7) is 0. The molecule has 4 aromatic rings. The summed E-state index contributed by atoms with van der Waals surface area (Å²) in [6, 6.07) is 21.5. The number of aromatic nitrogens is 1. The number of hydrogen-bond donors (Lipinski definition) is 3. The van der Waals surface area contributed by atoms with Crippen molar-refractivity contribution in [1.82, 2.24) is 3.97 Å². The maximum Gasteiger partial charge on any atom is 0.267 e. The van der Waals surface area contributed by atoms with Crippen LogP contribution in [0.5, 0.6) is 0 Å². The molecule has 0 radical (unpaired) electrons. The number of nitrogens with one attached hydrogen (secondary N) is 2. The Bertz CT molecular complexity index is 1690. The Morgan fingerprint density at radius 1 is 0.892 bits per heavy atom. The van der Waals surface area contributed by atoms with Gasteiger partial charge in [0, 0.05) is 24.2 Å². The molecule has 1 amide bonds. The van der Waals surface area contributed by atoms with Gasteiger partial charge in [-0.2, -0.15) is 0 Å². The molecule has 4 N–H and O–H groups in total. The fourth-order valence-corrected chi connectivity index (χ4v) is 5.28. The third kappa shape index (κ3) is 6.46. The number of nitrogen functional groups attached to an aromatic ring is 1. The van der Waals surface area contributed by atoms with Crippen LogP contribution >= 0.6 is 0 Å². The number of anilines is 3. The van der Waals surface area contributed by atoms with Crippen molar-refractivity contribution >= 4 is 49.1 Å². The van der Waals surface area contributed by atoms with Crippen molar-refractivity contribution in [3.63, 3.8) is 0 Å². The van der Waals surface area contributed by atoms with Crippen LogP contribution in [0, 0.1) is 0 Å². The summed E-state index contributed by atoms with van der Waals surface area (Å²) in [6.07, 6.45) is 6.67. The van der Waals surface area contributed by atoms with Gasteiger partial charge in [-0.25, -0.2) is 20.8 Å². The van der Waals surface area contributed by atoms with Crippen molar-refractivity contribution in [2.75, 3.05) is 22.0 Å². The van der Waals surface area contributed by atoms with Gasteiger partial charge in [-0.05, 0) is 65.2 Å². The Morgan fingerprint density at radius 2 is 1.62 bits per heavy atom. The molecule has 0 aliphatic heterocycles. The molecule has 0 aliphatic rings. The Morgan fingerprint density at radius 3 is 2.32 bits per heavy atom. The molecule has 4 rings (SSSR count). The quantitative estimate of drug-likeness (QED) is 0.230. The smallest absolute Gasteiger partial charge is 0.267 e. The summed E-state index contributed by atoms with van der Waals surface area (Å²) in [4.78, 5) is 12.3. The Balaban J connectivity index is 1.48. The predicted molar refractivity (Wildman–Crippen MR) is 146 cm³/mol. The Hall–Kier alpha value is -4.35. The van der Waals surface area contributed by atoms with E-state index in [9.17, 15) is 21.6 Å². The molecule has 0 aliphatic carbocycles. The molecule has 1 aromatic heterocycles. The zero-order valence-corrected chi connectivity index (χ0v) is 21.3. The van der Waals surface area contributed by atoms with Crippen LogP contribution in [0.1, 0.15) is 5.56 Å². The lowest BCUT2D eigenvalue weighted by molar-refractivity contribution is -0.111. The first-order valence-electron chi connectivity index (χ1n) is 11.0. The van der Waals surface area contributed by atoms with Gasteiger partial charge in [0.2, 0.25) is 15.9 Å². The number of carbonyl (C=O) groups is 1. The van der Waals surface area contributed by atoms with Gasteiger partial charge in [-0.15, -0.1) is 0 Å². The third-order valence-electron chi connectivity index (χ3n) is 5.26. The largest absolute Gasteiger partial charge is 0.397 e. The number of nitrogens with two attached hydrogens (primary N) is 1. The Labute approximate surface area is 215 Å². The molecule has 0 spiro atoms. The van der Waals surface area contributed by atoms with Crippen LogP contribution in [0.3, 0.4) is 0 Å². The monoisotopic (exact) mass is 536 g/mol. The molecular formula is C26H24N4O5S2. The molecule has 9 nitrogen and oxygen atoms in total. The molecule has 0 bridgehead atoms. The standard InChI is InChI=1S/C26H24N4O5S2/c1-36(32,33)29-22-6-4-5-21(17-22)20-10-12-23(13-11-20)37(34,35)30-16-15-19(18-30)9-14-26(31)28-25-8-3-2-7-24(25)27/h2-18,29H,27H2,1H3,(H,28,31)/b14-9+. The number of amides is 1. The normalized spacial score (nSPS) is 11.9.